The number of hydrogen-bond acceptors (Lipinski definition) is 10. The zero-order valence-corrected chi connectivity index (χ0v) is 29.9. The van der Waals surface area contributed by atoms with Crippen molar-refractivity contribution in [1.82, 2.24) is 24.5 Å². The van der Waals surface area contributed by atoms with E-state index < -0.39 is 43.8 Å². The SMILES string of the molecule is CC(C)(C)OC(=O)N1CCN(C(=O)[C@H](Cc2ccc(OS(=O)(=O)c3cccc4cnccc34)cc2)NS(=O)(=O)c2cccc3cnccc23)CC1. The number of nitrogens with zero attached hydrogens (tertiary/aromatic N) is 4. The number of amides is 2. The van der Waals surface area contributed by atoms with Crippen LogP contribution < -0.4 is 8.91 Å². The molecule has 0 spiro atoms. The first-order valence-corrected chi connectivity index (χ1v) is 19.1. The third kappa shape index (κ3) is 8.27. The fourth-order valence-electron chi connectivity index (χ4n) is 5.81. The van der Waals surface area contributed by atoms with Gasteiger partial charge in [0.15, 0.2) is 0 Å². The molecule has 1 aliphatic heterocycles. The average Bonchev–Trinajstić information content (AvgIpc) is 3.10. The summed E-state index contributed by atoms with van der Waals surface area (Å²) in [7, 11) is -8.45. The van der Waals surface area contributed by atoms with E-state index in [4.69, 9.17) is 8.92 Å². The topological polar surface area (TPSA) is 165 Å². The first-order chi connectivity index (χ1) is 24.2. The Morgan fingerprint density at radius 2 is 1.31 bits per heavy atom. The Hall–Kier alpha value is -5.12. The summed E-state index contributed by atoms with van der Waals surface area (Å²) in [5.41, 5.74) is -0.129. The Labute approximate surface area is 296 Å². The number of aromatic nitrogens is 2. The van der Waals surface area contributed by atoms with E-state index in [1.807, 2.05) is 0 Å². The quantitative estimate of drug-likeness (QED) is 0.213. The molecule has 0 bridgehead atoms. The van der Waals surface area contributed by atoms with E-state index in [-0.39, 0.29) is 48.1 Å². The van der Waals surface area contributed by atoms with E-state index in [0.29, 0.717) is 27.1 Å². The number of hydrogen-bond donors (Lipinski definition) is 1. The van der Waals surface area contributed by atoms with E-state index in [0.717, 1.165) is 0 Å². The number of ether oxygens (including phenoxy) is 1. The maximum Gasteiger partial charge on any atom is 0.410 e. The average molecular weight is 732 g/mol. The van der Waals surface area contributed by atoms with Gasteiger partial charge in [-0.2, -0.15) is 13.1 Å². The van der Waals surface area contributed by atoms with Gasteiger partial charge in [0.2, 0.25) is 15.9 Å². The normalized spacial score (nSPS) is 14.7. The van der Waals surface area contributed by atoms with Crippen LogP contribution in [-0.4, -0.2) is 86.4 Å². The minimum Gasteiger partial charge on any atom is -0.444 e. The summed E-state index contributed by atoms with van der Waals surface area (Å²) in [5, 5.41) is 2.17. The van der Waals surface area contributed by atoms with Crippen LogP contribution in [-0.2, 0) is 36.1 Å². The number of benzene rings is 3. The van der Waals surface area contributed by atoms with Gasteiger partial charge in [-0.05, 0) is 69.2 Å². The number of rotatable bonds is 9. The zero-order chi connectivity index (χ0) is 36.4. The summed E-state index contributed by atoms with van der Waals surface area (Å²) in [5.74, 6) is -0.437. The van der Waals surface area contributed by atoms with Gasteiger partial charge in [-0.25, -0.2) is 13.2 Å². The van der Waals surface area contributed by atoms with Crippen LogP contribution in [0.25, 0.3) is 21.5 Å². The molecule has 13 nitrogen and oxygen atoms in total. The highest BCUT2D eigenvalue weighted by molar-refractivity contribution is 7.89. The molecule has 1 saturated heterocycles. The van der Waals surface area contributed by atoms with Crippen LogP contribution in [0.3, 0.4) is 0 Å². The second kappa shape index (κ2) is 14.2. The molecule has 3 heterocycles. The Morgan fingerprint density at radius 1 is 0.765 bits per heavy atom. The maximum atomic E-state index is 14.0. The van der Waals surface area contributed by atoms with Crippen molar-refractivity contribution in [3.05, 3.63) is 103 Å². The van der Waals surface area contributed by atoms with Crippen molar-refractivity contribution in [2.24, 2.45) is 0 Å². The molecule has 51 heavy (non-hydrogen) atoms. The second-order valence-corrected chi connectivity index (χ2v) is 16.3. The summed E-state index contributed by atoms with van der Waals surface area (Å²) in [6.07, 6.45) is 5.57. The lowest BCUT2D eigenvalue weighted by Crippen LogP contribution is -2.56. The molecule has 3 aromatic carbocycles. The van der Waals surface area contributed by atoms with Crippen molar-refractivity contribution in [2.75, 3.05) is 26.2 Å². The molecule has 0 radical (unpaired) electrons. The molecule has 0 aliphatic carbocycles. The first kappa shape index (κ1) is 35.7. The molecule has 15 heteroatoms. The highest BCUT2D eigenvalue weighted by Gasteiger charge is 2.34. The molecule has 1 atom stereocenters. The van der Waals surface area contributed by atoms with Gasteiger partial charge in [-0.3, -0.25) is 14.8 Å². The minimum atomic E-state index is -4.23. The van der Waals surface area contributed by atoms with Crippen molar-refractivity contribution in [1.29, 1.82) is 0 Å². The van der Waals surface area contributed by atoms with Crippen LogP contribution in [0, 0.1) is 0 Å². The standard InChI is InChI=1S/C36H37N5O8S2/c1-36(2,3)48-35(43)41-20-18-40(19-21-41)34(42)31(39-50(44,45)32-8-4-6-26-23-37-16-14-29(26)32)22-25-10-12-28(13-11-25)49-51(46,47)33-9-5-7-27-24-38-17-15-30(27)33/h4-17,23-24,31,39H,18-22H2,1-3H3/t31-/m0/s1. The van der Waals surface area contributed by atoms with Gasteiger partial charge in [-0.15, -0.1) is 0 Å². The predicted octanol–water partition coefficient (Wildman–Crippen LogP) is 4.52. The number of carbonyl (C=O) groups excluding carboxylic acids is 2. The summed E-state index contributed by atoms with van der Waals surface area (Å²) < 4.78 is 67.8. The van der Waals surface area contributed by atoms with Crippen LogP contribution in [0.15, 0.2) is 107 Å². The molecule has 2 amide bonds. The van der Waals surface area contributed by atoms with Gasteiger partial charge < -0.3 is 18.7 Å². The van der Waals surface area contributed by atoms with E-state index in [2.05, 4.69) is 14.7 Å². The molecule has 1 N–H and O–H groups in total. The molecule has 0 unspecified atom stereocenters. The Balaban J connectivity index is 1.23. The third-order valence-electron chi connectivity index (χ3n) is 8.25. The van der Waals surface area contributed by atoms with Gasteiger partial charge in [0.05, 0.1) is 4.90 Å². The number of sulfonamides is 1. The third-order valence-corrected chi connectivity index (χ3v) is 11.1. The highest BCUT2D eigenvalue weighted by atomic mass is 32.2. The highest BCUT2D eigenvalue weighted by Crippen LogP contribution is 2.27. The maximum absolute atomic E-state index is 14.0. The second-order valence-electron chi connectivity index (χ2n) is 13.1. The van der Waals surface area contributed by atoms with Crippen LogP contribution in [0.2, 0.25) is 0 Å². The van der Waals surface area contributed by atoms with Gasteiger partial charge >= 0.3 is 16.2 Å². The van der Waals surface area contributed by atoms with Gasteiger partial charge in [0.1, 0.15) is 22.3 Å². The molecule has 1 fully saturated rings. The Kier molecular flexibility index (Phi) is 9.97. The molecule has 6 rings (SSSR count). The molecule has 2 aromatic heterocycles. The van der Waals surface area contributed by atoms with Crippen molar-refractivity contribution in [2.45, 2.75) is 48.6 Å². The van der Waals surface area contributed by atoms with Crippen LogP contribution in [0.1, 0.15) is 26.3 Å². The molecular formula is C36H37N5O8S2. The fraction of sp³-hybridized carbons (Fsp3) is 0.278. The molecule has 1 aliphatic rings. The number of pyridine rings is 2. The van der Waals surface area contributed by atoms with Crippen molar-refractivity contribution in [3.63, 3.8) is 0 Å². The van der Waals surface area contributed by atoms with Crippen molar-refractivity contribution in [3.8, 4) is 5.75 Å². The van der Waals surface area contributed by atoms with Crippen LogP contribution in [0.5, 0.6) is 5.75 Å². The van der Waals surface area contributed by atoms with Gasteiger partial charge in [0.25, 0.3) is 0 Å². The summed E-state index contributed by atoms with van der Waals surface area (Å²) >= 11 is 0. The summed E-state index contributed by atoms with van der Waals surface area (Å²) in [4.78, 5) is 37.8. The van der Waals surface area contributed by atoms with E-state index in [9.17, 15) is 26.4 Å². The molecular weight excluding hydrogens is 695 g/mol. The van der Waals surface area contributed by atoms with E-state index in [1.54, 1.807) is 81.7 Å². The lowest BCUT2D eigenvalue weighted by molar-refractivity contribution is -0.134. The number of piperazine rings is 1. The molecule has 0 saturated carbocycles. The van der Waals surface area contributed by atoms with E-state index >= 15 is 0 Å². The van der Waals surface area contributed by atoms with Gasteiger partial charge in [-0.1, -0.05) is 36.4 Å². The Morgan fingerprint density at radius 3 is 1.90 bits per heavy atom. The first-order valence-electron chi connectivity index (χ1n) is 16.2. The van der Waals surface area contributed by atoms with Crippen LogP contribution in [0.4, 0.5) is 4.79 Å². The number of nitrogens with one attached hydrogen (secondary N) is 1. The fourth-order valence-corrected chi connectivity index (χ4v) is 8.39. The van der Waals surface area contributed by atoms with Crippen molar-refractivity contribution < 1.29 is 35.3 Å². The predicted molar refractivity (Wildman–Crippen MR) is 190 cm³/mol. The summed E-state index contributed by atoms with van der Waals surface area (Å²) in [6.45, 7) is 6.09. The van der Waals surface area contributed by atoms with Crippen LogP contribution >= 0.6 is 0 Å². The lowest BCUT2D eigenvalue weighted by Gasteiger charge is -2.37. The summed E-state index contributed by atoms with van der Waals surface area (Å²) in [6, 6.07) is 17.6. The zero-order valence-electron chi connectivity index (χ0n) is 28.2. The molecule has 5 aromatic rings. The lowest BCUT2D eigenvalue weighted by atomic mass is 10.0. The monoisotopic (exact) mass is 731 g/mol. The smallest absolute Gasteiger partial charge is 0.410 e. The Bertz CT molecular complexity index is 2290. The van der Waals surface area contributed by atoms with Crippen molar-refractivity contribution >= 4 is 53.7 Å². The largest absolute Gasteiger partial charge is 0.444 e. The number of carbonyl (C=O) groups is 2. The number of fused-ring (bicyclic) bond motifs is 2. The van der Waals surface area contributed by atoms with E-state index in [1.165, 1.54) is 46.5 Å². The minimum absolute atomic E-state index is 0.00637. The van der Waals surface area contributed by atoms with Gasteiger partial charge in [0, 0.05) is 72.5 Å². The molecule has 266 valence electrons.